The fourth-order valence-electron chi connectivity index (χ4n) is 4.55. The standard InChI is InChI=1S/C17H24N2O4S2/c1-16-9-19(10-17(16,2)12-25(21,22)11-16)15(20)18-5-6-23-13(8-18)14-4-3-7-24-14/h3-4,7,13H,5-6,8-12H2,1-2H3/t13?,16-,17+. The van der Waals surface area contributed by atoms with Crippen LogP contribution in [0.3, 0.4) is 0 Å². The first-order chi connectivity index (χ1) is 11.7. The van der Waals surface area contributed by atoms with Crippen LogP contribution >= 0.6 is 11.3 Å². The van der Waals surface area contributed by atoms with Gasteiger partial charge in [-0.25, -0.2) is 13.2 Å². The van der Waals surface area contributed by atoms with Crippen molar-refractivity contribution < 1.29 is 17.9 Å². The second-order valence-electron chi connectivity index (χ2n) is 8.11. The Morgan fingerprint density at radius 2 is 1.92 bits per heavy atom. The zero-order valence-electron chi connectivity index (χ0n) is 14.6. The summed E-state index contributed by atoms with van der Waals surface area (Å²) in [5, 5.41) is 2.02. The maximum absolute atomic E-state index is 13.0. The average molecular weight is 385 g/mol. The molecule has 4 heterocycles. The third kappa shape index (κ3) is 2.88. The molecular weight excluding hydrogens is 360 g/mol. The molecule has 25 heavy (non-hydrogen) atoms. The number of morpholine rings is 1. The van der Waals surface area contributed by atoms with Crippen LogP contribution in [0.2, 0.25) is 0 Å². The highest BCUT2D eigenvalue weighted by molar-refractivity contribution is 7.91. The second-order valence-corrected chi connectivity index (χ2v) is 11.2. The highest BCUT2D eigenvalue weighted by atomic mass is 32.2. The maximum atomic E-state index is 13.0. The lowest BCUT2D eigenvalue weighted by Crippen LogP contribution is -2.49. The van der Waals surface area contributed by atoms with Crippen LogP contribution in [0.4, 0.5) is 4.79 Å². The Bertz CT molecular complexity index is 753. The van der Waals surface area contributed by atoms with E-state index in [1.165, 1.54) is 0 Å². The zero-order valence-corrected chi connectivity index (χ0v) is 16.2. The summed E-state index contributed by atoms with van der Waals surface area (Å²) in [6.07, 6.45) is -0.0636. The number of urea groups is 1. The van der Waals surface area contributed by atoms with E-state index in [-0.39, 0.29) is 34.5 Å². The van der Waals surface area contributed by atoms with Crippen molar-refractivity contribution in [1.82, 2.24) is 9.80 Å². The fraction of sp³-hybridized carbons (Fsp3) is 0.706. The van der Waals surface area contributed by atoms with Crippen LogP contribution in [-0.4, -0.2) is 68.5 Å². The van der Waals surface area contributed by atoms with E-state index in [4.69, 9.17) is 4.74 Å². The van der Waals surface area contributed by atoms with Gasteiger partial charge in [-0.15, -0.1) is 11.3 Å². The van der Waals surface area contributed by atoms with Crippen molar-refractivity contribution in [3.05, 3.63) is 22.4 Å². The van der Waals surface area contributed by atoms with Gasteiger partial charge in [-0.1, -0.05) is 19.9 Å². The van der Waals surface area contributed by atoms with Crippen LogP contribution in [-0.2, 0) is 14.6 Å². The molecule has 0 spiro atoms. The predicted molar refractivity (Wildman–Crippen MR) is 96.4 cm³/mol. The van der Waals surface area contributed by atoms with E-state index in [2.05, 4.69) is 0 Å². The van der Waals surface area contributed by atoms with Gasteiger partial charge in [0.1, 0.15) is 6.10 Å². The number of amides is 2. The van der Waals surface area contributed by atoms with Crippen LogP contribution in [0.5, 0.6) is 0 Å². The smallest absolute Gasteiger partial charge is 0.320 e. The van der Waals surface area contributed by atoms with E-state index in [1.54, 1.807) is 11.3 Å². The van der Waals surface area contributed by atoms with E-state index in [1.807, 2.05) is 41.2 Å². The zero-order chi connectivity index (χ0) is 17.9. The monoisotopic (exact) mass is 384 g/mol. The third-order valence-electron chi connectivity index (χ3n) is 6.08. The van der Waals surface area contributed by atoms with Gasteiger partial charge in [-0.2, -0.15) is 0 Å². The molecule has 1 aromatic heterocycles. The molecule has 3 atom stereocenters. The largest absolute Gasteiger partial charge is 0.369 e. The van der Waals surface area contributed by atoms with Gasteiger partial charge in [0.2, 0.25) is 0 Å². The molecule has 3 aliphatic rings. The molecule has 6 nitrogen and oxygen atoms in total. The van der Waals surface area contributed by atoms with Crippen LogP contribution < -0.4 is 0 Å². The van der Waals surface area contributed by atoms with Crippen molar-refractivity contribution in [3.8, 4) is 0 Å². The van der Waals surface area contributed by atoms with Gasteiger partial charge < -0.3 is 14.5 Å². The van der Waals surface area contributed by atoms with Crippen LogP contribution in [0.1, 0.15) is 24.8 Å². The summed E-state index contributed by atoms with van der Waals surface area (Å²) in [6, 6.07) is 4.05. The summed E-state index contributed by atoms with van der Waals surface area (Å²) in [4.78, 5) is 17.9. The van der Waals surface area contributed by atoms with E-state index >= 15 is 0 Å². The molecule has 8 heteroatoms. The van der Waals surface area contributed by atoms with Crippen molar-refractivity contribution in [3.63, 3.8) is 0 Å². The normalized spacial score (nSPS) is 37.3. The first kappa shape index (κ1) is 17.3. The topological polar surface area (TPSA) is 66.9 Å². The van der Waals surface area contributed by atoms with E-state index in [9.17, 15) is 13.2 Å². The number of thiophene rings is 1. The number of hydrogen-bond acceptors (Lipinski definition) is 5. The van der Waals surface area contributed by atoms with Gasteiger partial charge in [0.25, 0.3) is 0 Å². The summed E-state index contributed by atoms with van der Waals surface area (Å²) in [7, 11) is -3.00. The van der Waals surface area contributed by atoms with E-state index < -0.39 is 9.84 Å². The van der Waals surface area contributed by atoms with Crippen molar-refractivity contribution >= 4 is 27.2 Å². The van der Waals surface area contributed by atoms with Gasteiger partial charge in [0.05, 0.1) is 24.7 Å². The highest BCUT2D eigenvalue weighted by Crippen LogP contribution is 2.52. The van der Waals surface area contributed by atoms with Crippen LogP contribution in [0, 0.1) is 10.8 Å². The number of sulfone groups is 1. The molecule has 3 aliphatic heterocycles. The summed E-state index contributed by atoms with van der Waals surface area (Å²) in [5.41, 5.74) is -0.693. The lowest BCUT2D eigenvalue weighted by Gasteiger charge is -2.35. The van der Waals surface area contributed by atoms with Gasteiger partial charge in [0.15, 0.2) is 9.84 Å². The highest BCUT2D eigenvalue weighted by Gasteiger charge is 2.61. The number of carbonyl (C=O) groups is 1. The Morgan fingerprint density at radius 1 is 1.24 bits per heavy atom. The fourth-order valence-corrected chi connectivity index (χ4v) is 8.24. The number of carbonyl (C=O) groups excluding carboxylic acids is 1. The minimum atomic E-state index is -3.00. The second kappa shape index (κ2) is 5.69. The minimum Gasteiger partial charge on any atom is -0.369 e. The summed E-state index contributed by atoms with van der Waals surface area (Å²) >= 11 is 1.64. The predicted octanol–water partition coefficient (Wildman–Crippen LogP) is 2.00. The number of hydrogen-bond donors (Lipinski definition) is 0. The Hall–Kier alpha value is -1.12. The van der Waals surface area contributed by atoms with Crippen molar-refractivity contribution in [2.24, 2.45) is 10.8 Å². The SMILES string of the molecule is C[C@@]12CN(C(=O)N3CCOC(c4cccs4)C3)C[C@]1(C)CS(=O)(=O)C2. The molecule has 0 bridgehead atoms. The Kier molecular flexibility index (Phi) is 3.94. The molecule has 138 valence electrons. The number of nitrogens with zero attached hydrogens (tertiary/aromatic N) is 2. The van der Waals surface area contributed by atoms with Crippen molar-refractivity contribution in [1.29, 1.82) is 0 Å². The lowest BCUT2D eigenvalue weighted by atomic mass is 9.71. The Morgan fingerprint density at radius 3 is 2.52 bits per heavy atom. The third-order valence-corrected chi connectivity index (χ3v) is 9.20. The number of likely N-dealkylation sites (tertiary alicyclic amines) is 1. The molecule has 4 rings (SSSR count). The molecular formula is C17H24N2O4S2. The molecule has 0 aliphatic carbocycles. The van der Waals surface area contributed by atoms with Gasteiger partial charge in [-0.3, -0.25) is 0 Å². The van der Waals surface area contributed by atoms with Gasteiger partial charge in [0, 0.05) is 35.3 Å². The first-order valence-electron chi connectivity index (χ1n) is 8.61. The van der Waals surface area contributed by atoms with Crippen LogP contribution in [0.25, 0.3) is 0 Å². The molecule has 0 N–H and O–H groups in total. The maximum Gasteiger partial charge on any atom is 0.320 e. The summed E-state index contributed by atoms with van der Waals surface area (Å²) in [5.74, 6) is 0.364. The molecule has 2 amide bonds. The molecule has 0 radical (unpaired) electrons. The molecule has 1 aromatic rings. The van der Waals surface area contributed by atoms with Gasteiger partial charge in [-0.05, 0) is 11.4 Å². The average Bonchev–Trinajstić information content (AvgIpc) is 3.17. The minimum absolute atomic E-state index is 0.0131. The molecule has 0 aromatic carbocycles. The molecule has 3 saturated heterocycles. The Balaban J connectivity index is 1.48. The van der Waals surface area contributed by atoms with E-state index in [0.29, 0.717) is 32.8 Å². The Labute approximate surface area is 152 Å². The number of ether oxygens (including phenoxy) is 1. The molecule has 3 fully saturated rings. The van der Waals surface area contributed by atoms with Crippen LogP contribution in [0.15, 0.2) is 17.5 Å². The number of rotatable bonds is 1. The van der Waals surface area contributed by atoms with E-state index in [0.717, 1.165) is 4.88 Å². The first-order valence-corrected chi connectivity index (χ1v) is 11.3. The van der Waals surface area contributed by atoms with Crippen molar-refractivity contribution in [2.45, 2.75) is 20.0 Å². The quantitative estimate of drug-likeness (QED) is 0.743. The summed E-state index contributed by atoms with van der Waals surface area (Å²) in [6.45, 7) is 6.73. The molecule has 1 unspecified atom stereocenters. The van der Waals surface area contributed by atoms with Gasteiger partial charge >= 0.3 is 6.03 Å². The lowest BCUT2D eigenvalue weighted by molar-refractivity contribution is -0.0183. The summed E-state index contributed by atoms with van der Waals surface area (Å²) < 4.78 is 30.0. The molecule has 0 saturated carbocycles. The number of fused-ring (bicyclic) bond motifs is 1. The van der Waals surface area contributed by atoms with Crippen molar-refractivity contribution in [2.75, 3.05) is 44.3 Å².